The van der Waals surface area contributed by atoms with Crippen molar-refractivity contribution in [1.82, 2.24) is 20.4 Å². The molecule has 9 nitrogen and oxygen atoms in total. The van der Waals surface area contributed by atoms with E-state index in [-0.39, 0.29) is 30.7 Å². The second-order valence-corrected chi connectivity index (χ2v) is 11.3. The monoisotopic (exact) mass is 556 g/mol. The third-order valence-corrected chi connectivity index (χ3v) is 8.46. The van der Waals surface area contributed by atoms with Gasteiger partial charge in [-0.05, 0) is 57.6 Å². The van der Waals surface area contributed by atoms with E-state index < -0.39 is 29.6 Å². The highest BCUT2D eigenvalue weighted by Crippen LogP contribution is 2.39. The van der Waals surface area contributed by atoms with Crippen LogP contribution in [0.15, 0.2) is 42.5 Å². The van der Waals surface area contributed by atoms with Crippen LogP contribution in [0.2, 0.25) is 0 Å². The molecule has 0 aromatic heterocycles. The average Bonchev–Trinajstić information content (AvgIpc) is 3.51. The summed E-state index contributed by atoms with van der Waals surface area (Å²) in [4.78, 5) is 43.6. The standard InChI is InChI=1S/C31H48N4O5/c1-4-5-16-32-28(38)23(2)21-27(37)26(22-25-12-7-6-8-13-25)33-29(39)24(3)35-19-15-31(30(35)40)14-11-18-34(31)17-9-10-20-36/h6-10,12-13,23-24,26-27,36-37H,4-5,11,14-22H2,1-3H3,(H,32,38)(H,33,39)/b10-9+. The summed E-state index contributed by atoms with van der Waals surface area (Å²) < 4.78 is 0. The summed E-state index contributed by atoms with van der Waals surface area (Å²) in [5.41, 5.74) is 0.367. The molecule has 40 heavy (non-hydrogen) atoms. The summed E-state index contributed by atoms with van der Waals surface area (Å²) in [7, 11) is 0. The first-order valence-electron chi connectivity index (χ1n) is 14.9. The zero-order chi connectivity index (χ0) is 29.1. The van der Waals surface area contributed by atoms with Crippen molar-refractivity contribution in [3.8, 4) is 0 Å². The Morgan fingerprint density at radius 3 is 2.55 bits per heavy atom. The number of nitrogens with one attached hydrogen (secondary N) is 2. The molecule has 0 aliphatic carbocycles. The zero-order valence-electron chi connectivity index (χ0n) is 24.3. The minimum Gasteiger partial charge on any atom is -0.392 e. The summed E-state index contributed by atoms with van der Waals surface area (Å²) in [5.74, 6) is -0.848. The van der Waals surface area contributed by atoms with Gasteiger partial charge >= 0.3 is 0 Å². The highest BCUT2D eigenvalue weighted by Gasteiger charge is 2.54. The third-order valence-electron chi connectivity index (χ3n) is 8.46. The van der Waals surface area contributed by atoms with E-state index in [1.54, 1.807) is 24.8 Å². The Morgan fingerprint density at radius 2 is 1.85 bits per heavy atom. The Hall–Kier alpha value is -2.75. The molecule has 4 N–H and O–H groups in total. The van der Waals surface area contributed by atoms with Gasteiger partial charge in [0, 0.05) is 25.6 Å². The molecule has 3 amide bonds. The van der Waals surface area contributed by atoms with E-state index in [4.69, 9.17) is 5.11 Å². The number of unbranched alkanes of at least 4 members (excludes halogenated alkanes) is 1. The van der Waals surface area contributed by atoms with Gasteiger partial charge in [0.25, 0.3) is 0 Å². The predicted molar refractivity (Wildman–Crippen MR) is 155 cm³/mol. The lowest BCUT2D eigenvalue weighted by Crippen LogP contribution is -2.56. The van der Waals surface area contributed by atoms with E-state index in [2.05, 4.69) is 22.5 Å². The van der Waals surface area contributed by atoms with Gasteiger partial charge in [-0.2, -0.15) is 0 Å². The summed E-state index contributed by atoms with van der Waals surface area (Å²) in [5, 5.41) is 26.2. The summed E-state index contributed by atoms with van der Waals surface area (Å²) in [6.07, 6.45) is 7.50. The molecule has 222 valence electrons. The molecule has 2 aliphatic rings. The highest BCUT2D eigenvalue weighted by molar-refractivity contribution is 5.94. The molecule has 0 bridgehead atoms. The number of amides is 3. The number of carbonyl (C=O) groups excluding carboxylic acids is 3. The average molecular weight is 557 g/mol. The normalized spacial score (nSPS) is 22.5. The number of hydrogen-bond donors (Lipinski definition) is 4. The Morgan fingerprint density at radius 1 is 1.10 bits per heavy atom. The summed E-state index contributed by atoms with van der Waals surface area (Å²) in [6.45, 7) is 8.07. The van der Waals surface area contributed by atoms with Crippen molar-refractivity contribution in [1.29, 1.82) is 0 Å². The topological polar surface area (TPSA) is 122 Å². The van der Waals surface area contributed by atoms with Crippen molar-refractivity contribution in [2.24, 2.45) is 5.92 Å². The van der Waals surface area contributed by atoms with Gasteiger partial charge in [-0.25, -0.2) is 0 Å². The number of aliphatic hydroxyl groups excluding tert-OH is 2. The molecule has 1 spiro atoms. The number of carbonyl (C=O) groups is 3. The smallest absolute Gasteiger partial charge is 0.243 e. The van der Waals surface area contributed by atoms with Crippen molar-refractivity contribution in [3.63, 3.8) is 0 Å². The fourth-order valence-electron chi connectivity index (χ4n) is 5.95. The molecular weight excluding hydrogens is 508 g/mol. The van der Waals surface area contributed by atoms with Crippen molar-refractivity contribution >= 4 is 17.7 Å². The van der Waals surface area contributed by atoms with Gasteiger partial charge in [0.05, 0.1) is 18.8 Å². The van der Waals surface area contributed by atoms with Gasteiger partial charge in [-0.15, -0.1) is 0 Å². The Bertz CT molecular complexity index is 1000. The Labute approximate surface area is 239 Å². The van der Waals surface area contributed by atoms with Crippen molar-refractivity contribution in [3.05, 3.63) is 48.0 Å². The maximum atomic E-state index is 13.7. The lowest BCUT2D eigenvalue weighted by Gasteiger charge is -2.34. The number of rotatable bonds is 15. The van der Waals surface area contributed by atoms with E-state index >= 15 is 0 Å². The first-order valence-corrected chi connectivity index (χ1v) is 14.9. The maximum Gasteiger partial charge on any atom is 0.243 e. The largest absolute Gasteiger partial charge is 0.392 e. The zero-order valence-corrected chi connectivity index (χ0v) is 24.3. The highest BCUT2D eigenvalue weighted by atomic mass is 16.3. The van der Waals surface area contributed by atoms with E-state index in [0.717, 1.165) is 37.8 Å². The number of benzene rings is 1. The van der Waals surface area contributed by atoms with E-state index in [1.165, 1.54) is 0 Å². The molecule has 1 aromatic rings. The van der Waals surface area contributed by atoms with Crippen LogP contribution in [0.3, 0.4) is 0 Å². The molecule has 5 atom stereocenters. The van der Waals surface area contributed by atoms with E-state index in [1.807, 2.05) is 36.4 Å². The van der Waals surface area contributed by atoms with Crippen LogP contribution in [0.25, 0.3) is 0 Å². The molecular formula is C31H48N4O5. The van der Waals surface area contributed by atoms with Crippen molar-refractivity contribution < 1.29 is 24.6 Å². The first-order chi connectivity index (χ1) is 19.2. The van der Waals surface area contributed by atoms with Gasteiger partial charge in [0.15, 0.2) is 0 Å². The van der Waals surface area contributed by atoms with Crippen molar-refractivity contribution in [2.75, 3.05) is 32.8 Å². The minimum absolute atomic E-state index is 0.0254. The molecule has 2 heterocycles. The Kier molecular flexibility index (Phi) is 12.2. The summed E-state index contributed by atoms with van der Waals surface area (Å²) in [6, 6.07) is 8.34. The second kappa shape index (κ2) is 15.3. The van der Waals surface area contributed by atoms with Crippen LogP contribution in [0, 0.1) is 5.92 Å². The van der Waals surface area contributed by atoms with E-state index in [9.17, 15) is 19.5 Å². The van der Waals surface area contributed by atoms with Gasteiger partial charge in [0.2, 0.25) is 17.7 Å². The van der Waals surface area contributed by atoms with Crippen LogP contribution in [0.5, 0.6) is 0 Å². The third kappa shape index (κ3) is 7.92. The van der Waals surface area contributed by atoms with E-state index in [0.29, 0.717) is 32.5 Å². The van der Waals surface area contributed by atoms with Crippen LogP contribution >= 0.6 is 0 Å². The number of hydrogen-bond acceptors (Lipinski definition) is 6. The lowest BCUT2D eigenvalue weighted by atomic mass is 9.93. The maximum absolute atomic E-state index is 13.7. The van der Waals surface area contributed by atoms with Crippen LogP contribution in [-0.4, -0.2) is 94.2 Å². The van der Waals surface area contributed by atoms with Gasteiger partial charge in [-0.3, -0.25) is 19.3 Å². The number of nitrogens with zero attached hydrogens (tertiary/aromatic N) is 2. The van der Waals surface area contributed by atoms with Crippen molar-refractivity contribution in [2.45, 2.75) is 89.4 Å². The molecule has 2 fully saturated rings. The second-order valence-electron chi connectivity index (χ2n) is 11.3. The van der Waals surface area contributed by atoms with Crippen LogP contribution in [0.1, 0.15) is 64.9 Å². The predicted octanol–water partition coefficient (Wildman–Crippen LogP) is 2.02. The van der Waals surface area contributed by atoms with Crippen LogP contribution in [0.4, 0.5) is 0 Å². The quantitative estimate of drug-likeness (QED) is 0.194. The molecule has 1 aromatic carbocycles. The van der Waals surface area contributed by atoms with Gasteiger partial charge in [-0.1, -0.05) is 62.8 Å². The first kappa shape index (κ1) is 31.8. The molecule has 5 unspecified atom stereocenters. The Balaban J connectivity index is 1.68. The molecule has 0 saturated carbocycles. The molecule has 9 heteroatoms. The number of likely N-dealkylation sites (tertiary alicyclic amines) is 2. The molecule has 2 aliphatic heterocycles. The molecule has 2 saturated heterocycles. The number of aliphatic hydroxyl groups is 2. The SMILES string of the molecule is CCCCNC(=O)C(C)CC(O)C(Cc1ccccc1)NC(=O)C(C)N1CCC2(CCCN2C/C=C/CO)C1=O. The fourth-order valence-corrected chi connectivity index (χ4v) is 5.95. The lowest BCUT2D eigenvalue weighted by molar-refractivity contribution is -0.143. The molecule has 3 rings (SSSR count). The fraction of sp³-hybridized carbons (Fsp3) is 0.645. The van der Waals surface area contributed by atoms with Gasteiger partial charge < -0.3 is 25.7 Å². The minimum atomic E-state index is -0.937. The van der Waals surface area contributed by atoms with Crippen LogP contribution in [-0.2, 0) is 20.8 Å². The van der Waals surface area contributed by atoms with Crippen LogP contribution < -0.4 is 10.6 Å². The molecule has 0 radical (unpaired) electrons. The summed E-state index contributed by atoms with van der Waals surface area (Å²) >= 11 is 0. The van der Waals surface area contributed by atoms with Gasteiger partial charge in [0.1, 0.15) is 11.6 Å².